The summed E-state index contributed by atoms with van der Waals surface area (Å²) in [5, 5.41) is 16.0. The number of hydrogen-bond donors (Lipinski definition) is 2. The summed E-state index contributed by atoms with van der Waals surface area (Å²) in [5.41, 5.74) is 0.965. The Bertz CT molecular complexity index is 646. The molecule has 0 bridgehead atoms. The number of amides is 1. The Balaban J connectivity index is 2.09. The highest BCUT2D eigenvalue weighted by Crippen LogP contribution is 2.09. The maximum Gasteiger partial charge on any atom is 0.326 e. The third-order valence-corrected chi connectivity index (χ3v) is 3.23. The predicted octanol–water partition coefficient (Wildman–Crippen LogP) is 1.62. The quantitative estimate of drug-likeness (QED) is 0.810. The Morgan fingerprint density at radius 2 is 2.27 bits per heavy atom. The molecule has 0 fully saturated rings. The van der Waals surface area contributed by atoms with Gasteiger partial charge < -0.3 is 14.8 Å². The first-order valence-electron chi connectivity index (χ1n) is 7.11. The van der Waals surface area contributed by atoms with Gasteiger partial charge in [0.1, 0.15) is 11.8 Å². The third kappa shape index (κ3) is 3.75. The van der Waals surface area contributed by atoms with Crippen molar-refractivity contribution in [1.29, 1.82) is 0 Å². The molecule has 0 aliphatic rings. The van der Waals surface area contributed by atoms with Gasteiger partial charge in [-0.25, -0.2) is 4.79 Å². The van der Waals surface area contributed by atoms with Gasteiger partial charge in [-0.15, -0.1) is 0 Å². The molecule has 1 atom stereocenters. The second-order valence-electron chi connectivity index (χ2n) is 5.04. The Labute approximate surface area is 127 Å². The molecule has 7 heteroatoms. The van der Waals surface area contributed by atoms with E-state index in [9.17, 15) is 14.7 Å². The van der Waals surface area contributed by atoms with Crippen molar-refractivity contribution in [1.82, 2.24) is 15.1 Å². The summed E-state index contributed by atoms with van der Waals surface area (Å²) in [6.07, 6.45) is 4.10. The number of carboxylic acid groups (broad SMARTS) is 1. The highest BCUT2D eigenvalue weighted by Gasteiger charge is 2.24. The molecule has 2 N–H and O–H groups in total. The van der Waals surface area contributed by atoms with Gasteiger partial charge in [0.15, 0.2) is 0 Å². The fourth-order valence-electron chi connectivity index (χ4n) is 2.15. The Hall–Kier alpha value is -2.57. The molecule has 2 aromatic rings. The largest absolute Gasteiger partial charge is 0.480 e. The lowest BCUT2D eigenvalue weighted by Gasteiger charge is -2.12. The summed E-state index contributed by atoms with van der Waals surface area (Å²) in [4.78, 5) is 23.6. The molecule has 0 saturated carbocycles. The first-order chi connectivity index (χ1) is 10.5. The maximum atomic E-state index is 12.3. The van der Waals surface area contributed by atoms with Crippen molar-refractivity contribution in [3.63, 3.8) is 0 Å². The van der Waals surface area contributed by atoms with Crippen molar-refractivity contribution in [3.8, 4) is 0 Å². The summed E-state index contributed by atoms with van der Waals surface area (Å²) in [7, 11) is 0. The molecule has 0 spiro atoms. The van der Waals surface area contributed by atoms with Crippen LogP contribution in [-0.2, 0) is 17.8 Å². The summed E-state index contributed by atoms with van der Waals surface area (Å²) >= 11 is 0. The highest BCUT2D eigenvalue weighted by atomic mass is 16.4. The van der Waals surface area contributed by atoms with Crippen LogP contribution in [0.3, 0.4) is 0 Å². The SMILES string of the molecule is CCCn1cc(C(=O)N[C@@H](Cc2ccco2)C(=O)O)c(C)n1. The number of carbonyl (C=O) groups is 2. The van der Waals surface area contributed by atoms with E-state index in [2.05, 4.69) is 10.4 Å². The lowest BCUT2D eigenvalue weighted by molar-refractivity contribution is -0.139. The van der Waals surface area contributed by atoms with Crippen LogP contribution in [0.4, 0.5) is 0 Å². The van der Waals surface area contributed by atoms with Crippen molar-refractivity contribution < 1.29 is 19.1 Å². The first kappa shape index (κ1) is 15.8. The molecule has 0 aliphatic carbocycles. The molecular formula is C15H19N3O4. The van der Waals surface area contributed by atoms with Gasteiger partial charge in [0.25, 0.3) is 5.91 Å². The fraction of sp³-hybridized carbons (Fsp3) is 0.400. The predicted molar refractivity (Wildman–Crippen MR) is 78.6 cm³/mol. The normalized spacial score (nSPS) is 12.1. The van der Waals surface area contributed by atoms with Crippen LogP contribution in [0.5, 0.6) is 0 Å². The Morgan fingerprint density at radius 1 is 1.50 bits per heavy atom. The standard InChI is InChI=1S/C15H19N3O4/c1-3-6-18-9-12(10(2)17-18)14(19)16-13(15(20)21)8-11-5-4-7-22-11/h4-5,7,9,13H,3,6,8H2,1-2H3,(H,16,19)(H,20,21)/t13-/m0/s1. The van der Waals surface area contributed by atoms with Gasteiger partial charge in [0.2, 0.25) is 0 Å². The van der Waals surface area contributed by atoms with E-state index in [1.165, 1.54) is 6.26 Å². The minimum absolute atomic E-state index is 0.0935. The third-order valence-electron chi connectivity index (χ3n) is 3.23. The van der Waals surface area contributed by atoms with Gasteiger partial charge in [0, 0.05) is 19.2 Å². The molecule has 2 aromatic heterocycles. The lowest BCUT2D eigenvalue weighted by atomic mass is 10.1. The van der Waals surface area contributed by atoms with E-state index in [4.69, 9.17) is 4.42 Å². The number of carbonyl (C=O) groups excluding carboxylic acids is 1. The number of hydrogen-bond acceptors (Lipinski definition) is 4. The van der Waals surface area contributed by atoms with Crippen LogP contribution < -0.4 is 5.32 Å². The summed E-state index contributed by atoms with van der Waals surface area (Å²) in [6.45, 7) is 4.45. The molecule has 7 nitrogen and oxygen atoms in total. The van der Waals surface area contributed by atoms with Crippen LogP contribution in [0.1, 0.15) is 35.2 Å². The van der Waals surface area contributed by atoms with Crippen LogP contribution in [-0.4, -0.2) is 32.8 Å². The van der Waals surface area contributed by atoms with Gasteiger partial charge in [-0.2, -0.15) is 5.10 Å². The van der Waals surface area contributed by atoms with Crippen LogP contribution in [0, 0.1) is 6.92 Å². The summed E-state index contributed by atoms with van der Waals surface area (Å²) in [6, 6.07) is 2.30. The van der Waals surface area contributed by atoms with Crippen LogP contribution in [0.15, 0.2) is 29.0 Å². The maximum absolute atomic E-state index is 12.3. The van der Waals surface area contributed by atoms with Crippen molar-refractivity contribution in [3.05, 3.63) is 41.6 Å². The molecule has 0 saturated heterocycles. The monoisotopic (exact) mass is 305 g/mol. The molecule has 0 unspecified atom stereocenters. The first-order valence-corrected chi connectivity index (χ1v) is 7.11. The number of carboxylic acids is 1. The molecule has 2 heterocycles. The second kappa shape index (κ2) is 6.93. The van der Waals surface area contributed by atoms with Gasteiger partial charge in [0.05, 0.1) is 17.5 Å². The molecule has 0 radical (unpaired) electrons. The van der Waals surface area contributed by atoms with E-state index in [1.807, 2.05) is 6.92 Å². The van der Waals surface area contributed by atoms with Crippen molar-refractivity contribution in [2.75, 3.05) is 0 Å². The zero-order valence-electron chi connectivity index (χ0n) is 12.6. The van der Waals surface area contributed by atoms with Gasteiger partial charge in [-0.1, -0.05) is 6.92 Å². The fourth-order valence-corrected chi connectivity index (χ4v) is 2.15. The minimum atomic E-state index is -1.11. The lowest BCUT2D eigenvalue weighted by Crippen LogP contribution is -2.42. The molecule has 0 aliphatic heterocycles. The van der Waals surface area contributed by atoms with Gasteiger partial charge in [-0.3, -0.25) is 9.48 Å². The van der Waals surface area contributed by atoms with E-state index in [0.29, 0.717) is 23.6 Å². The zero-order chi connectivity index (χ0) is 16.1. The number of nitrogens with zero attached hydrogens (tertiary/aromatic N) is 2. The van der Waals surface area contributed by atoms with Crippen molar-refractivity contribution in [2.45, 2.75) is 39.3 Å². The number of rotatable bonds is 7. The zero-order valence-corrected chi connectivity index (χ0v) is 12.6. The van der Waals surface area contributed by atoms with Crippen molar-refractivity contribution >= 4 is 11.9 Å². The topological polar surface area (TPSA) is 97.4 Å². The second-order valence-corrected chi connectivity index (χ2v) is 5.04. The molecule has 22 heavy (non-hydrogen) atoms. The number of aromatic nitrogens is 2. The summed E-state index contributed by atoms with van der Waals surface area (Å²) in [5.74, 6) is -1.05. The molecule has 1 amide bonds. The summed E-state index contributed by atoms with van der Waals surface area (Å²) < 4.78 is 6.82. The highest BCUT2D eigenvalue weighted by molar-refractivity contribution is 5.97. The van der Waals surface area contributed by atoms with E-state index in [1.54, 1.807) is 29.9 Å². The molecular weight excluding hydrogens is 286 g/mol. The minimum Gasteiger partial charge on any atom is -0.480 e. The average molecular weight is 305 g/mol. The van der Waals surface area contributed by atoms with E-state index < -0.39 is 17.9 Å². The smallest absolute Gasteiger partial charge is 0.326 e. The Morgan fingerprint density at radius 3 is 2.86 bits per heavy atom. The van der Waals surface area contributed by atoms with Crippen LogP contribution in [0.2, 0.25) is 0 Å². The van der Waals surface area contributed by atoms with Crippen molar-refractivity contribution in [2.24, 2.45) is 0 Å². The van der Waals surface area contributed by atoms with Gasteiger partial charge in [-0.05, 0) is 25.5 Å². The average Bonchev–Trinajstić information content (AvgIpc) is 3.08. The van der Waals surface area contributed by atoms with E-state index >= 15 is 0 Å². The molecule has 118 valence electrons. The number of aryl methyl sites for hydroxylation is 2. The van der Waals surface area contributed by atoms with Crippen LogP contribution >= 0.6 is 0 Å². The number of furan rings is 1. The number of aliphatic carboxylic acids is 1. The Kier molecular flexibility index (Phi) is 4.98. The van der Waals surface area contributed by atoms with Gasteiger partial charge >= 0.3 is 5.97 Å². The molecule has 2 rings (SSSR count). The van der Waals surface area contributed by atoms with E-state index in [0.717, 1.165) is 6.42 Å². The van der Waals surface area contributed by atoms with Crippen LogP contribution in [0.25, 0.3) is 0 Å². The number of nitrogens with one attached hydrogen (secondary N) is 1. The molecule has 0 aromatic carbocycles. The van der Waals surface area contributed by atoms with E-state index in [-0.39, 0.29) is 6.42 Å².